The highest BCUT2D eigenvalue weighted by molar-refractivity contribution is 6.26. The van der Waals surface area contributed by atoms with Crippen molar-refractivity contribution in [2.24, 2.45) is 11.8 Å². The monoisotopic (exact) mass is 366 g/mol. The molecule has 2 bridgehead atoms. The first-order valence-electron chi connectivity index (χ1n) is 9.22. The van der Waals surface area contributed by atoms with Gasteiger partial charge in [0.15, 0.2) is 12.4 Å². The highest BCUT2D eigenvalue weighted by Crippen LogP contribution is 2.55. The van der Waals surface area contributed by atoms with Crippen LogP contribution in [0.4, 0.5) is 4.79 Å². The third-order valence-electron chi connectivity index (χ3n) is 5.77. The third kappa shape index (κ3) is 2.76. The van der Waals surface area contributed by atoms with Gasteiger partial charge < -0.3 is 14.2 Å². The summed E-state index contributed by atoms with van der Waals surface area (Å²) in [5, 5.41) is 0. The maximum absolute atomic E-state index is 13.4. The third-order valence-corrected chi connectivity index (χ3v) is 5.77. The van der Waals surface area contributed by atoms with Crippen LogP contribution in [-0.4, -0.2) is 30.8 Å². The quantitative estimate of drug-likeness (QED) is 0.605. The van der Waals surface area contributed by atoms with Gasteiger partial charge in [0.1, 0.15) is 5.76 Å². The number of aryl methyl sites for hydroxylation is 3. The number of Topliss-reactive ketones (excluding diaryl/α,β-unsaturated/α-hetero) is 1. The largest absolute Gasteiger partial charge is 0.514 e. The Morgan fingerprint density at radius 3 is 2.44 bits per heavy atom. The van der Waals surface area contributed by atoms with Crippen molar-refractivity contribution in [2.45, 2.75) is 45.8 Å². The van der Waals surface area contributed by atoms with Crippen molar-refractivity contribution >= 4 is 17.5 Å². The molecule has 0 unspecified atom stereocenters. The molecule has 2 heterocycles. The topological polar surface area (TPSA) is 61.8 Å². The molecule has 0 radical (unpaired) electrons. The predicted octanol–water partition coefficient (Wildman–Crippen LogP) is 3.49. The molecule has 0 saturated carbocycles. The van der Waals surface area contributed by atoms with Crippen molar-refractivity contribution < 1.29 is 23.8 Å². The van der Waals surface area contributed by atoms with Crippen molar-refractivity contribution in [1.82, 2.24) is 0 Å². The molecular weight excluding hydrogens is 344 g/mol. The van der Waals surface area contributed by atoms with Gasteiger partial charge in [-0.1, -0.05) is 23.6 Å². The summed E-state index contributed by atoms with van der Waals surface area (Å²) in [5.74, 6) is 2.11. The van der Waals surface area contributed by atoms with E-state index in [1.165, 1.54) is 0 Å². The molecule has 5 heteroatoms. The fourth-order valence-electron chi connectivity index (χ4n) is 4.96. The first kappa shape index (κ1) is 17.8. The summed E-state index contributed by atoms with van der Waals surface area (Å²) in [7, 11) is 0. The first-order valence-corrected chi connectivity index (χ1v) is 9.22. The molecule has 4 atom stereocenters. The number of hydrogen-bond acceptors (Lipinski definition) is 5. The van der Waals surface area contributed by atoms with Crippen LogP contribution in [0, 0.1) is 45.0 Å². The number of carbonyl (C=O) groups excluding carboxylic acids is 2. The van der Waals surface area contributed by atoms with Crippen molar-refractivity contribution in [3.05, 3.63) is 40.1 Å². The van der Waals surface area contributed by atoms with Crippen molar-refractivity contribution in [1.29, 1.82) is 0 Å². The van der Waals surface area contributed by atoms with Gasteiger partial charge in [-0.05, 0) is 50.3 Å². The predicted molar refractivity (Wildman–Crippen MR) is 98.7 cm³/mol. The summed E-state index contributed by atoms with van der Waals surface area (Å²) in [6.07, 6.45) is 5.81. The van der Waals surface area contributed by atoms with Crippen LogP contribution in [0.5, 0.6) is 0 Å². The van der Waals surface area contributed by atoms with Crippen LogP contribution < -0.4 is 0 Å². The zero-order valence-electron chi connectivity index (χ0n) is 15.7. The van der Waals surface area contributed by atoms with Gasteiger partial charge in [0.2, 0.25) is 0 Å². The number of ketones is 1. The smallest absolute Gasteiger partial charge is 0.421 e. The summed E-state index contributed by atoms with van der Waals surface area (Å²) in [6.45, 7) is 5.80. The minimum Gasteiger partial charge on any atom is -0.421 e. The molecule has 1 aromatic rings. The molecule has 2 fully saturated rings. The normalized spacial score (nSPS) is 28.3. The number of terminal acetylenes is 1. The number of hydrogen-bond donors (Lipinski definition) is 0. The molecule has 1 aromatic carbocycles. The van der Waals surface area contributed by atoms with Gasteiger partial charge in [0.25, 0.3) is 0 Å². The second-order valence-corrected chi connectivity index (χ2v) is 7.56. The first-order chi connectivity index (χ1) is 12.9. The second-order valence-electron chi connectivity index (χ2n) is 7.56. The average Bonchev–Trinajstić information content (AvgIpc) is 3.28. The van der Waals surface area contributed by atoms with E-state index < -0.39 is 6.16 Å². The summed E-state index contributed by atoms with van der Waals surface area (Å²) in [6, 6.07) is 4.08. The minimum atomic E-state index is -0.876. The van der Waals surface area contributed by atoms with E-state index in [4.69, 9.17) is 20.6 Å². The highest BCUT2D eigenvalue weighted by atomic mass is 16.7. The molecule has 4 rings (SSSR count). The molecule has 0 N–H and O–H groups in total. The molecule has 140 valence electrons. The van der Waals surface area contributed by atoms with Gasteiger partial charge >= 0.3 is 6.16 Å². The lowest BCUT2D eigenvalue weighted by molar-refractivity contribution is -0.118. The number of allylic oxidation sites excluding steroid dienone is 1. The molecule has 1 aliphatic carbocycles. The molecule has 5 nitrogen and oxygen atoms in total. The van der Waals surface area contributed by atoms with Gasteiger partial charge in [-0.15, -0.1) is 6.42 Å². The van der Waals surface area contributed by atoms with Gasteiger partial charge in [-0.3, -0.25) is 4.79 Å². The number of carbonyl (C=O) groups is 2. The average molecular weight is 366 g/mol. The number of fused-ring (bicyclic) bond motifs is 5. The van der Waals surface area contributed by atoms with E-state index >= 15 is 0 Å². The van der Waals surface area contributed by atoms with Gasteiger partial charge in [0.05, 0.1) is 29.6 Å². The second kappa shape index (κ2) is 6.54. The molecule has 0 amide bonds. The fraction of sp³-hybridized carbons (Fsp3) is 0.455. The van der Waals surface area contributed by atoms with Crippen molar-refractivity contribution in [3.63, 3.8) is 0 Å². The van der Waals surface area contributed by atoms with E-state index in [0.717, 1.165) is 35.1 Å². The molecule has 0 spiro atoms. The fourth-order valence-corrected chi connectivity index (χ4v) is 4.96. The summed E-state index contributed by atoms with van der Waals surface area (Å²) in [5.41, 5.74) is 4.45. The lowest BCUT2D eigenvalue weighted by Crippen LogP contribution is -2.30. The van der Waals surface area contributed by atoms with Crippen LogP contribution in [0.15, 0.2) is 17.9 Å². The Kier molecular flexibility index (Phi) is 4.32. The molecule has 27 heavy (non-hydrogen) atoms. The molecule has 2 saturated heterocycles. The summed E-state index contributed by atoms with van der Waals surface area (Å²) < 4.78 is 16.4. The number of ether oxygens (including phenoxy) is 3. The summed E-state index contributed by atoms with van der Waals surface area (Å²) in [4.78, 5) is 25.5. The van der Waals surface area contributed by atoms with Crippen LogP contribution in [-0.2, 0) is 19.0 Å². The molecule has 2 aliphatic heterocycles. The minimum absolute atomic E-state index is 0.00185. The van der Waals surface area contributed by atoms with E-state index in [2.05, 4.69) is 5.92 Å². The molecule has 3 aliphatic rings. The zero-order chi connectivity index (χ0) is 19.3. The Hall–Kier alpha value is -2.58. The zero-order valence-corrected chi connectivity index (χ0v) is 15.7. The Labute approximate surface area is 158 Å². The number of rotatable bonds is 3. The molecular formula is C22H22O5. The van der Waals surface area contributed by atoms with Crippen LogP contribution in [0.1, 0.15) is 35.1 Å². The Balaban J connectivity index is 1.82. The van der Waals surface area contributed by atoms with Gasteiger partial charge in [-0.2, -0.15) is 0 Å². The Bertz CT molecular complexity index is 881. The van der Waals surface area contributed by atoms with E-state index in [-0.39, 0.29) is 36.4 Å². The van der Waals surface area contributed by atoms with Crippen molar-refractivity contribution in [2.75, 3.05) is 6.61 Å². The standard InChI is InChI=1S/C22H22O5/c1-5-8-25-22(24)27-21-18-15-7-6-14(26-15)17(18)20(23)19(21)16-12(3)9-11(2)10-13(16)4/h1,9-10,14-15,17-18H,6-8H2,2-4H3/t14-,15+,17-,18+/m0/s1. The van der Waals surface area contributed by atoms with Crippen LogP contribution in [0.25, 0.3) is 5.57 Å². The van der Waals surface area contributed by atoms with E-state index in [0.29, 0.717) is 11.3 Å². The van der Waals surface area contributed by atoms with Crippen LogP contribution in [0.3, 0.4) is 0 Å². The maximum Gasteiger partial charge on any atom is 0.514 e. The number of benzene rings is 1. The molecule has 0 aromatic heterocycles. The SMILES string of the molecule is C#CCOC(=O)OC1=C(c2c(C)cc(C)cc2C)C(=O)[C@@H]2[C@H]1[C@H]1CC[C@@H]2O1. The summed E-state index contributed by atoms with van der Waals surface area (Å²) >= 11 is 0. The van der Waals surface area contributed by atoms with E-state index in [9.17, 15) is 9.59 Å². The Morgan fingerprint density at radius 2 is 1.81 bits per heavy atom. The van der Waals surface area contributed by atoms with Gasteiger partial charge in [-0.25, -0.2) is 4.79 Å². The van der Waals surface area contributed by atoms with E-state index in [1.807, 2.05) is 32.9 Å². The van der Waals surface area contributed by atoms with Crippen LogP contribution >= 0.6 is 0 Å². The maximum atomic E-state index is 13.4. The van der Waals surface area contributed by atoms with Crippen molar-refractivity contribution in [3.8, 4) is 12.3 Å². The Morgan fingerprint density at radius 1 is 1.19 bits per heavy atom. The van der Waals surface area contributed by atoms with Crippen LogP contribution in [0.2, 0.25) is 0 Å². The van der Waals surface area contributed by atoms with Gasteiger partial charge in [0, 0.05) is 0 Å². The lowest BCUT2D eigenvalue weighted by Gasteiger charge is -2.21. The van der Waals surface area contributed by atoms with E-state index in [1.54, 1.807) is 0 Å². The lowest BCUT2D eigenvalue weighted by atomic mass is 9.80. The highest BCUT2D eigenvalue weighted by Gasteiger charge is 2.60.